The Bertz CT molecular complexity index is 1410. The number of aliphatic hydroxyl groups excluding tert-OH is 2. The number of aliphatic hydroxyl groups is 2. The molecule has 1 saturated carbocycles. The maximum absolute atomic E-state index is 14.9. The Morgan fingerprint density at radius 1 is 1.20 bits per heavy atom. The molecule has 5 N–H and O–H groups in total. The van der Waals surface area contributed by atoms with E-state index in [9.17, 15) is 38.1 Å². The van der Waals surface area contributed by atoms with Gasteiger partial charge in [-0.05, 0) is 68.4 Å². The number of benzene rings is 1. The largest absolute Gasteiger partial charge is 0.510 e. The lowest BCUT2D eigenvalue weighted by atomic mass is 9.57. The lowest BCUT2D eigenvalue weighted by molar-refractivity contribution is -0.157. The van der Waals surface area contributed by atoms with Gasteiger partial charge in [0.2, 0.25) is 5.91 Å². The molecule has 44 heavy (non-hydrogen) atoms. The van der Waals surface area contributed by atoms with Crippen LogP contribution in [0.25, 0.3) is 5.76 Å². The number of halogens is 3. The van der Waals surface area contributed by atoms with Gasteiger partial charge in [-0.2, -0.15) is 13.2 Å². The number of methoxy groups -OCH3 is 1. The van der Waals surface area contributed by atoms with Crippen molar-refractivity contribution in [1.82, 2.24) is 9.80 Å². The molecule has 0 bridgehead atoms. The molecule has 1 aromatic carbocycles. The molecule has 12 heteroatoms. The number of hydrogen-bond acceptors (Lipinski definition) is 8. The minimum absolute atomic E-state index is 0.0518. The van der Waals surface area contributed by atoms with E-state index >= 15 is 0 Å². The van der Waals surface area contributed by atoms with E-state index in [4.69, 9.17) is 10.5 Å². The fraction of sp³-hybridized carbons (Fsp3) is 0.594. The number of amides is 1. The zero-order valence-electron chi connectivity index (χ0n) is 26.1. The quantitative estimate of drug-likeness (QED) is 0.311. The van der Waals surface area contributed by atoms with Gasteiger partial charge >= 0.3 is 6.18 Å². The average Bonchev–Trinajstić information content (AvgIpc) is 2.89. The summed E-state index contributed by atoms with van der Waals surface area (Å²) in [6, 6.07) is 0.102. The topological polar surface area (TPSA) is 137 Å². The summed E-state index contributed by atoms with van der Waals surface area (Å²) in [6.07, 6.45) is -4.72. The molecule has 1 aromatic rings. The van der Waals surface area contributed by atoms with Crippen molar-refractivity contribution >= 4 is 17.4 Å². The Labute approximate surface area is 256 Å². The first-order valence-corrected chi connectivity index (χ1v) is 14.7. The zero-order valence-corrected chi connectivity index (χ0v) is 26.1. The van der Waals surface area contributed by atoms with Crippen LogP contribution in [0.15, 0.2) is 23.0 Å². The van der Waals surface area contributed by atoms with Crippen molar-refractivity contribution in [2.45, 2.75) is 70.8 Å². The minimum Gasteiger partial charge on any atom is -0.510 e. The Hall–Kier alpha value is -3.09. The summed E-state index contributed by atoms with van der Waals surface area (Å²) in [6.45, 7) is 10.6. The van der Waals surface area contributed by atoms with Gasteiger partial charge in [0.15, 0.2) is 5.78 Å². The van der Waals surface area contributed by atoms with Crippen molar-refractivity contribution < 1.29 is 42.8 Å². The highest BCUT2D eigenvalue weighted by atomic mass is 19.4. The van der Waals surface area contributed by atoms with Gasteiger partial charge in [0.25, 0.3) is 0 Å². The summed E-state index contributed by atoms with van der Waals surface area (Å²) in [5, 5.41) is 33.6. The van der Waals surface area contributed by atoms with Crippen LogP contribution in [-0.4, -0.2) is 82.7 Å². The van der Waals surface area contributed by atoms with Crippen molar-refractivity contribution in [3.8, 4) is 5.75 Å². The number of carbonyl (C=O) groups excluding carboxylic acids is 2. The van der Waals surface area contributed by atoms with Crippen LogP contribution in [0.5, 0.6) is 5.75 Å². The van der Waals surface area contributed by atoms with Gasteiger partial charge in [-0.25, -0.2) is 0 Å². The lowest BCUT2D eigenvalue weighted by Gasteiger charge is -2.53. The molecule has 0 aromatic heterocycles. The number of alkyl halides is 3. The lowest BCUT2D eigenvalue weighted by Crippen LogP contribution is -2.63. The number of primary amides is 1. The number of rotatable bonds is 8. The van der Waals surface area contributed by atoms with Crippen LogP contribution in [0.3, 0.4) is 0 Å². The summed E-state index contributed by atoms with van der Waals surface area (Å²) in [5.74, 6) is -4.96. The molecule has 3 aliphatic carbocycles. The van der Waals surface area contributed by atoms with E-state index in [0.717, 1.165) is 6.07 Å². The predicted octanol–water partition coefficient (Wildman–Crippen LogP) is 4.53. The van der Waals surface area contributed by atoms with Crippen molar-refractivity contribution in [1.29, 1.82) is 0 Å². The second kappa shape index (κ2) is 11.7. The van der Waals surface area contributed by atoms with E-state index in [0.29, 0.717) is 13.0 Å². The second-order valence-corrected chi connectivity index (χ2v) is 13.6. The van der Waals surface area contributed by atoms with Gasteiger partial charge in [-0.15, -0.1) is 6.54 Å². The van der Waals surface area contributed by atoms with E-state index in [1.807, 2.05) is 20.8 Å². The van der Waals surface area contributed by atoms with E-state index in [1.54, 1.807) is 23.9 Å². The highest BCUT2D eigenvalue weighted by molar-refractivity contribution is 6.10. The number of Topliss-reactive ketones (excluding diaryl/α,β-unsaturated/α-hetero) is 1. The number of phenols is 1. The first-order valence-electron chi connectivity index (χ1n) is 14.7. The first-order chi connectivity index (χ1) is 20.3. The fourth-order valence-corrected chi connectivity index (χ4v) is 7.25. The number of phenolic OH excluding ortho intramolecular Hbond substituents is 1. The number of ketones is 1. The number of carbonyl (C=O) groups is 2. The van der Waals surface area contributed by atoms with Crippen molar-refractivity contribution in [3.63, 3.8) is 0 Å². The number of nitrogens with two attached hydrogens (primary N) is 1. The highest BCUT2D eigenvalue weighted by Gasteiger charge is 2.61. The number of likely N-dealkylation sites (N-methyl/N-ethyl adjacent to an activating group) is 1. The molecule has 244 valence electrons. The molecule has 1 fully saturated rings. The molecule has 3 aliphatic rings. The van der Waals surface area contributed by atoms with E-state index in [-0.39, 0.29) is 65.8 Å². The monoisotopic (exact) mass is 622 g/mol. The molecule has 9 nitrogen and oxygen atoms in total. The van der Waals surface area contributed by atoms with Crippen molar-refractivity contribution in [3.05, 3.63) is 52.1 Å². The third-order valence-corrected chi connectivity index (χ3v) is 9.41. The maximum Gasteiger partial charge on any atom is 0.417 e. The van der Waals surface area contributed by atoms with E-state index in [1.165, 1.54) is 7.11 Å². The Morgan fingerprint density at radius 2 is 1.84 bits per heavy atom. The Morgan fingerprint density at radius 3 is 2.34 bits per heavy atom. The highest BCUT2D eigenvalue weighted by Crippen LogP contribution is 2.55. The number of nitrogens with zero attached hydrogens (tertiary/aromatic N) is 2. The van der Waals surface area contributed by atoms with Gasteiger partial charge in [0.05, 0.1) is 22.7 Å². The van der Waals surface area contributed by atoms with Crippen molar-refractivity contribution in [2.24, 2.45) is 23.0 Å². The van der Waals surface area contributed by atoms with Crippen LogP contribution in [0.4, 0.5) is 13.2 Å². The fourth-order valence-electron chi connectivity index (χ4n) is 7.25. The summed E-state index contributed by atoms with van der Waals surface area (Å²) < 4.78 is 50.4. The maximum atomic E-state index is 14.9. The normalized spacial score (nSPS) is 25.8. The summed E-state index contributed by atoms with van der Waals surface area (Å²) in [4.78, 5) is 29.9. The zero-order chi connectivity index (χ0) is 33.1. The molecule has 0 saturated heterocycles. The number of hydrogen-bond donors (Lipinski definition) is 4. The third kappa shape index (κ3) is 5.72. The van der Waals surface area contributed by atoms with Crippen LogP contribution in [0, 0.1) is 24.2 Å². The predicted molar refractivity (Wildman–Crippen MR) is 158 cm³/mol. The SMILES string of the molecule is [CH2-]CN(CCC(C)(C)C)Cc1cc(O)c2c(c1C(F)(F)F)CC1CC3C(N(C)C)C(O)=C(C(N)=O)CC3(OC)C(=O)C1=C2O. The van der Waals surface area contributed by atoms with Crippen LogP contribution in [0.1, 0.15) is 62.3 Å². The molecule has 1 amide bonds. The number of ether oxygens (including phenoxy) is 1. The molecule has 4 rings (SSSR count). The van der Waals surface area contributed by atoms with Crippen molar-refractivity contribution in [2.75, 3.05) is 34.3 Å². The third-order valence-electron chi connectivity index (χ3n) is 9.41. The summed E-state index contributed by atoms with van der Waals surface area (Å²) in [5.41, 5.74) is 1.58. The number of aromatic hydroxyl groups is 1. The number of fused-ring (bicyclic) bond motifs is 3. The van der Waals surface area contributed by atoms with Crippen LogP contribution >= 0.6 is 0 Å². The molecular weight excluding hydrogens is 579 g/mol. The van der Waals surface area contributed by atoms with Gasteiger partial charge in [0.1, 0.15) is 22.9 Å². The van der Waals surface area contributed by atoms with E-state index in [2.05, 4.69) is 6.92 Å². The van der Waals surface area contributed by atoms with Crippen LogP contribution in [0.2, 0.25) is 0 Å². The van der Waals surface area contributed by atoms with Crippen LogP contribution in [-0.2, 0) is 33.5 Å². The molecule has 4 unspecified atom stereocenters. The van der Waals surface area contributed by atoms with Gasteiger partial charge in [0, 0.05) is 31.6 Å². The van der Waals surface area contributed by atoms with Gasteiger partial charge < -0.3 is 37.6 Å². The van der Waals surface area contributed by atoms with E-state index < -0.39 is 64.0 Å². The van der Waals surface area contributed by atoms with Crippen LogP contribution < -0.4 is 5.73 Å². The minimum atomic E-state index is -4.83. The standard InChI is InChI=1S/C32H43F3N3O6/c1-8-38(10-9-30(2,3)4)15-17-13-21(39)23-18(24(17)32(33,34)35)11-16-12-20-25(37(5)6)26(40)19(29(36)43)14-31(20,44-7)28(42)22(16)27(23)41/h13,16,20,25,39-41H,1,8-12,14-15H2,2-7H3,(H2,36,43)/q-1. The Kier molecular flexibility index (Phi) is 8.98. The molecular formula is C32H43F3N3O6-. The Balaban J connectivity index is 1.89. The summed E-state index contributed by atoms with van der Waals surface area (Å²) in [7, 11) is 4.54. The molecule has 0 radical (unpaired) electrons. The molecule has 4 atom stereocenters. The molecule has 0 heterocycles. The van der Waals surface area contributed by atoms with Gasteiger partial charge in [-0.3, -0.25) is 14.5 Å². The molecule has 0 aliphatic heterocycles. The van der Waals surface area contributed by atoms with Gasteiger partial charge in [-0.1, -0.05) is 20.8 Å². The average molecular weight is 623 g/mol. The first kappa shape index (κ1) is 33.8. The second-order valence-electron chi connectivity index (χ2n) is 13.6. The smallest absolute Gasteiger partial charge is 0.417 e. The molecule has 0 spiro atoms. The summed E-state index contributed by atoms with van der Waals surface area (Å²) >= 11 is 0.